The van der Waals surface area contributed by atoms with Crippen LogP contribution in [0.4, 0.5) is 39.8 Å². The lowest BCUT2D eigenvalue weighted by Gasteiger charge is -2.49. The maximum Gasteiger partial charge on any atom is 0.247 e. The summed E-state index contributed by atoms with van der Waals surface area (Å²) in [6.07, 6.45) is 7.40. The van der Waals surface area contributed by atoms with Gasteiger partial charge in [-0.3, -0.25) is 0 Å². The number of thiophene rings is 1. The standard InChI is InChI=1S/C63H58BN3S/c1-37-19-11-15-26-49(37)65(50-27-16-12-20-38(50)2)41-30-32-47-52(36-41)66(51-28-18-22-43-42-31-29-39(61(3,4)5)35-55(42)68-60(43)51)53-33-40(62(6,7)8)34-54-57(53)64(47)48-25-17-23-45-56-59(67(54)58(45)48)44-21-13-14-24-46(44)63(56,9)10/h11-36,45,58H,1-10H3. The van der Waals surface area contributed by atoms with E-state index in [1.54, 1.807) is 5.57 Å². The number of anilines is 7. The topological polar surface area (TPSA) is 9.72 Å². The monoisotopic (exact) mass is 899 g/mol. The maximum atomic E-state index is 2.82. The van der Waals surface area contributed by atoms with E-state index in [0.717, 1.165) is 5.69 Å². The Labute approximate surface area is 406 Å². The minimum atomic E-state index is -0.111. The number of fused-ring (bicyclic) bond motifs is 11. The van der Waals surface area contributed by atoms with Crippen LogP contribution in [0.3, 0.4) is 0 Å². The Morgan fingerprint density at radius 3 is 2.04 bits per heavy atom. The minimum Gasteiger partial charge on any atom is -0.334 e. The third-order valence-electron chi connectivity index (χ3n) is 16.2. The van der Waals surface area contributed by atoms with Gasteiger partial charge in [-0.2, -0.15) is 0 Å². The van der Waals surface area contributed by atoms with Crippen LogP contribution in [0.15, 0.2) is 169 Å². The molecule has 8 aromatic rings. The highest BCUT2D eigenvalue weighted by Crippen LogP contribution is 2.61. The molecule has 3 aliphatic heterocycles. The Morgan fingerprint density at radius 2 is 1.32 bits per heavy atom. The van der Waals surface area contributed by atoms with Crippen LogP contribution in [0.5, 0.6) is 0 Å². The normalized spacial score (nSPS) is 18.4. The van der Waals surface area contributed by atoms with Crippen molar-refractivity contribution in [1.29, 1.82) is 0 Å². The van der Waals surface area contributed by atoms with Gasteiger partial charge in [-0.15, -0.1) is 11.3 Å². The van der Waals surface area contributed by atoms with Crippen LogP contribution in [-0.2, 0) is 16.2 Å². The summed E-state index contributed by atoms with van der Waals surface area (Å²) in [5.41, 5.74) is 23.8. The molecule has 5 heteroatoms. The number of aryl methyl sites for hydroxylation is 2. The van der Waals surface area contributed by atoms with Crippen LogP contribution >= 0.6 is 11.3 Å². The predicted octanol–water partition coefficient (Wildman–Crippen LogP) is 15.7. The van der Waals surface area contributed by atoms with Gasteiger partial charge < -0.3 is 14.7 Å². The van der Waals surface area contributed by atoms with Crippen molar-refractivity contribution in [2.75, 3.05) is 14.7 Å². The fraction of sp³-hybridized carbons (Fsp3) is 0.238. The van der Waals surface area contributed by atoms with Crippen LogP contribution < -0.4 is 25.6 Å². The molecular formula is C63H58BN3S. The van der Waals surface area contributed by atoms with Crippen molar-refractivity contribution in [3.8, 4) is 0 Å². The van der Waals surface area contributed by atoms with Gasteiger partial charge in [0.15, 0.2) is 0 Å². The van der Waals surface area contributed by atoms with Gasteiger partial charge in [-0.1, -0.05) is 170 Å². The predicted molar refractivity (Wildman–Crippen MR) is 294 cm³/mol. The van der Waals surface area contributed by atoms with Gasteiger partial charge >= 0.3 is 0 Å². The molecule has 4 heterocycles. The molecule has 7 aromatic carbocycles. The Bertz CT molecular complexity index is 3540. The number of allylic oxidation sites excluding steroid dienone is 2. The number of para-hydroxylation sites is 2. The van der Waals surface area contributed by atoms with Crippen LogP contribution in [0.25, 0.3) is 25.9 Å². The summed E-state index contributed by atoms with van der Waals surface area (Å²) in [4.78, 5) is 8.00. The molecule has 2 aliphatic carbocycles. The molecule has 5 aliphatic rings. The largest absolute Gasteiger partial charge is 0.334 e. The van der Waals surface area contributed by atoms with E-state index in [-0.39, 0.29) is 34.9 Å². The minimum absolute atomic E-state index is 0.0523. The van der Waals surface area contributed by atoms with Crippen LogP contribution in [0.1, 0.15) is 88.8 Å². The second-order valence-corrected chi connectivity index (χ2v) is 23.7. The molecule has 0 saturated carbocycles. The number of benzene rings is 7. The van der Waals surface area contributed by atoms with Gasteiger partial charge in [0, 0.05) is 66.5 Å². The van der Waals surface area contributed by atoms with E-state index in [9.17, 15) is 0 Å². The lowest BCUT2D eigenvalue weighted by molar-refractivity contribution is 0.539. The highest BCUT2D eigenvalue weighted by atomic mass is 32.1. The zero-order valence-electron chi connectivity index (χ0n) is 41.0. The molecule has 0 saturated heterocycles. The first-order valence-electron chi connectivity index (χ1n) is 24.6. The maximum absolute atomic E-state index is 2.82. The van der Waals surface area contributed by atoms with Gasteiger partial charge in [0.2, 0.25) is 6.71 Å². The van der Waals surface area contributed by atoms with E-state index in [0.29, 0.717) is 0 Å². The van der Waals surface area contributed by atoms with E-state index >= 15 is 0 Å². The number of hydrogen-bond donors (Lipinski definition) is 0. The highest BCUT2D eigenvalue weighted by molar-refractivity contribution is 7.26. The molecule has 0 bridgehead atoms. The third kappa shape index (κ3) is 5.72. The number of nitrogens with zero attached hydrogens (tertiary/aromatic N) is 3. The summed E-state index contributed by atoms with van der Waals surface area (Å²) in [7, 11) is 0. The number of rotatable bonds is 4. The van der Waals surface area contributed by atoms with Crippen molar-refractivity contribution >= 4 is 94.7 Å². The Morgan fingerprint density at radius 1 is 0.632 bits per heavy atom. The molecule has 0 radical (unpaired) electrons. The Hall–Kier alpha value is -6.56. The molecule has 13 rings (SSSR count). The Balaban J connectivity index is 1.14. The molecule has 0 amide bonds. The fourth-order valence-electron chi connectivity index (χ4n) is 12.8. The van der Waals surface area contributed by atoms with Gasteiger partial charge in [-0.05, 0) is 118 Å². The molecule has 3 nitrogen and oxygen atoms in total. The van der Waals surface area contributed by atoms with E-state index in [1.807, 2.05) is 11.3 Å². The average Bonchev–Trinajstić information content (AvgIpc) is 3.95. The summed E-state index contributed by atoms with van der Waals surface area (Å²) in [6, 6.07) is 53.9. The van der Waals surface area contributed by atoms with Crippen LogP contribution in [-0.4, -0.2) is 12.8 Å². The zero-order chi connectivity index (χ0) is 46.8. The summed E-state index contributed by atoms with van der Waals surface area (Å²) in [5, 5.41) is 2.64. The van der Waals surface area contributed by atoms with Gasteiger partial charge in [0.05, 0.1) is 22.1 Å². The molecule has 0 fully saturated rings. The van der Waals surface area contributed by atoms with Crippen molar-refractivity contribution in [2.45, 2.75) is 91.5 Å². The van der Waals surface area contributed by atoms with Crippen LogP contribution in [0, 0.1) is 19.8 Å². The summed E-state index contributed by atoms with van der Waals surface area (Å²) in [5.74, 6) is 0.269. The highest BCUT2D eigenvalue weighted by Gasteiger charge is 2.58. The van der Waals surface area contributed by atoms with E-state index < -0.39 is 0 Å². The first-order chi connectivity index (χ1) is 32.6. The molecule has 334 valence electrons. The number of hydrogen-bond acceptors (Lipinski definition) is 4. The van der Waals surface area contributed by atoms with Crippen molar-refractivity contribution in [3.05, 3.63) is 202 Å². The van der Waals surface area contributed by atoms with Gasteiger partial charge in [0.1, 0.15) is 0 Å². The third-order valence-corrected chi connectivity index (χ3v) is 17.4. The van der Waals surface area contributed by atoms with Crippen molar-refractivity contribution in [3.63, 3.8) is 0 Å². The van der Waals surface area contributed by atoms with E-state index in [1.165, 1.54) is 110 Å². The molecule has 0 spiro atoms. The second kappa shape index (κ2) is 14.2. The fourth-order valence-corrected chi connectivity index (χ4v) is 14.0. The van der Waals surface area contributed by atoms with Crippen LogP contribution in [0.2, 0.25) is 0 Å². The summed E-state index contributed by atoms with van der Waals surface area (Å²) in [6.45, 7) is 23.6. The summed E-state index contributed by atoms with van der Waals surface area (Å²) < 4.78 is 2.66. The average molecular weight is 900 g/mol. The van der Waals surface area contributed by atoms with E-state index in [4.69, 9.17) is 0 Å². The molecule has 2 unspecified atom stereocenters. The second-order valence-electron chi connectivity index (χ2n) is 22.6. The van der Waals surface area contributed by atoms with Crippen molar-refractivity contribution < 1.29 is 0 Å². The molecule has 2 atom stereocenters. The van der Waals surface area contributed by atoms with Gasteiger partial charge in [0.25, 0.3) is 0 Å². The first-order valence-corrected chi connectivity index (χ1v) is 25.4. The molecule has 68 heavy (non-hydrogen) atoms. The van der Waals surface area contributed by atoms with Gasteiger partial charge in [-0.25, -0.2) is 0 Å². The molecule has 1 aromatic heterocycles. The van der Waals surface area contributed by atoms with Crippen molar-refractivity contribution in [1.82, 2.24) is 0 Å². The quantitative estimate of drug-likeness (QED) is 0.163. The molecule has 0 N–H and O–H groups in total. The zero-order valence-corrected chi connectivity index (χ0v) is 41.8. The smallest absolute Gasteiger partial charge is 0.247 e. The molecular weight excluding hydrogens is 842 g/mol. The SMILES string of the molecule is Cc1ccccc1N(c1ccc2c(c1)N(c1cccc3c1sc1cc(C(C)(C)C)ccc13)c1cc(C(C)(C)C)cc3c1B2C1=CC=CC2C4=C(c5ccccc5C4(C)C)N3C12)c1ccccc1C. The van der Waals surface area contributed by atoms with Crippen molar-refractivity contribution in [2.24, 2.45) is 5.92 Å². The Kier molecular flexibility index (Phi) is 8.72. The lowest BCUT2D eigenvalue weighted by Crippen LogP contribution is -2.61. The summed E-state index contributed by atoms with van der Waals surface area (Å²) >= 11 is 1.95. The first kappa shape index (κ1) is 41.6. The lowest BCUT2D eigenvalue weighted by atomic mass is 9.31. The van der Waals surface area contributed by atoms with E-state index in [2.05, 4.69) is 242 Å².